The van der Waals surface area contributed by atoms with Crippen molar-refractivity contribution in [2.45, 2.75) is 33.7 Å². The van der Waals surface area contributed by atoms with Crippen molar-refractivity contribution in [3.8, 4) is 16.4 Å². The lowest BCUT2D eigenvalue weighted by atomic mass is 10.2. The molecule has 0 aromatic carbocycles. The minimum Gasteiger partial charge on any atom is -0.359 e. The monoisotopic (exact) mass is 318 g/mol. The molecule has 0 radical (unpaired) electrons. The Hall–Kier alpha value is -1.66. The van der Waals surface area contributed by atoms with Gasteiger partial charge in [-0.3, -0.25) is 4.57 Å². The number of anilines is 1. The summed E-state index contributed by atoms with van der Waals surface area (Å²) in [5.41, 5.74) is 4.57. The number of thiazole rings is 2. The summed E-state index contributed by atoms with van der Waals surface area (Å²) in [6, 6.07) is 2.58. The van der Waals surface area contributed by atoms with E-state index in [-0.39, 0.29) is 0 Å². The van der Waals surface area contributed by atoms with Gasteiger partial charge in [0.2, 0.25) is 0 Å². The van der Waals surface area contributed by atoms with Gasteiger partial charge in [0.05, 0.1) is 5.69 Å². The van der Waals surface area contributed by atoms with Crippen LogP contribution in [0, 0.1) is 13.8 Å². The lowest BCUT2D eigenvalue weighted by Gasteiger charge is -2.05. The molecule has 3 rings (SSSR count). The van der Waals surface area contributed by atoms with Crippen LogP contribution in [0.1, 0.15) is 25.2 Å². The first-order chi connectivity index (χ1) is 10.1. The van der Waals surface area contributed by atoms with Gasteiger partial charge in [0.1, 0.15) is 0 Å². The van der Waals surface area contributed by atoms with Crippen LogP contribution in [0.25, 0.3) is 16.4 Å². The number of rotatable bonds is 4. The zero-order valence-corrected chi connectivity index (χ0v) is 14.2. The molecule has 0 amide bonds. The van der Waals surface area contributed by atoms with Crippen molar-refractivity contribution < 1.29 is 0 Å². The van der Waals surface area contributed by atoms with Gasteiger partial charge in [-0.05, 0) is 33.8 Å². The Morgan fingerprint density at radius 2 is 2.05 bits per heavy atom. The molecule has 0 spiro atoms. The first-order valence-electron chi connectivity index (χ1n) is 6.87. The Labute approximate surface area is 132 Å². The average molecular weight is 318 g/mol. The molecule has 110 valence electrons. The molecule has 3 heterocycles. The Kier molecular flexibility index (Phi) is 3.82. The van der Waals surface area contributed by atoms with E-state index in [1.54, 1.807) is 22.7 Å². The van der Waals surface area contributed by atoms with Crippen molar-refractivity contribution >= 4 is 27.8 Å². The van der Waals surface area contributed by atoms with Gasteiger partial charge in [-0.2, -0.15) is 0 Å². The van der Waals surface area contributed by atoms with E-state index >= 15 is 0 Å². The number of hydrogen-bond donors (Lipinski definition) is 1. The maximum Gasteiger partial charge on any atom is 0.193 e. The summed E-state index contributed by atoms with van der Waals surface area (Å²) in [4.78, 5) is 9.11. The highest BCUT2D eigenvalue weighted by molar-refractivity contribution is 7.14. The zero-order chi connectivity index (χ0) is 15.0. The molecule has 0 aliphatic heterocycles. The molecule has 0 aliphatic rings. The molecular weight excluding hydrogens is 300 g/mol. The molecule has 6 heteroatoms. The molecule has 0 aliphatic carbocycles. The highest BCUT2D eigenvalue weighted by Gasteiger charge is 2.16. The van der Waals surface area contributed by atoms with Crippen molar-refractivity contribution in [3.63, 3.8) is 0 Å². The van der Waals surface area contributed by atoms with Crippen LogP contribution < -0.4 is 5.32 Å². The van der Waals surface area contributed by atoms with E-state index in [1.807, 2.05) is 11.6 Å². The van der Waals surface area contributed by atoms with Crippen molar-refractivity contribution in [1.82, 2.24) is 14.5 Å². The van der Waals surface area contributed by atoms with E-state index < -0.39 is 0 Å². The predicted molar refractivity (Wildman–Crippen MR) is 90.8 cm³/mol. The normalized spacial score (nSPS) is 11.3. The standard InChI is InChI=1S/C15H18N4S2/c1-9(2)17-14-18-13(8-21-14)12-7-10(3)19(11(12)4)15-16-5-6-20-15/h5-9H,1-4H3,(H,17,18). The van der Waals surface area contributed by atoms with Crippen molar-refractivity contribution in [3.05, 3.63) is 34.4 Å². The number of nitrogens with zero attached hydrogens (tertiary/aromatic N) is 3. The van der Waals surface area contributed by atoms with Crippen LogP contribution >= 0.6 is 22.7 Å². The Balaban J connectivity index is 2.00. The van der Waals surface area contributed by atoms with Gasteiger partial charge in [0, 0.05) is 40.0 Å². The second-order valence-corrected chi connectivity index (χ2v) is 7.00. The lowest BCUT2D eigenvalue weighted by molar-refractivity contribution is 0.896. The molecule has 4 nitrogen and oxygen atoms in total. The van der Waals surface area contributed by atoms with Crippen molar-refractivity contribution in [2.24, 2.45) is 0 Å². The van der Waals surface area contributed by atoms with Gasteiger partial charge in [-0.25, -0.2) is 9.97 Å². The summed E-state index contributed by atoms with van der Waals surface area (Å²) in [6.07, 6.45) is 1.84. The van der Waals surface area contributed by atoms with E-state index in [2.05, 4.69) is 54.0 Å². The molecule has 0 saturated carbocycles. The van der Waals surface area contributed by atoms with Gasteiger partial charge in [-0.15, -0.1) is 22.7 Å². The minimum atomic E-state index is 0.395. The van der Waals surface area contributed by atoms with Crippen LogP contribution in [0.15, 0.2) is 23.0 Å². The topological polar surface area (TPSA) is 42.7 Å². The fourth-order valence-electron chi connectivity index (χ4n) is 2.35. The zero-order valence-electron chi connectivity index (χ0n) is 12.5. The van der Waals surface area contributed by atoms with E-state index in [4.69, 9.17) is 4.98 Å². The van der Waals surface area contributed by atoms with Crippen LogP contribution in [0.4, 0.5) is 5.13 Å². The lowest BCUT2D eigenvalue weighted by Crippen LogP contribution is -2.08. The summed E-state index contributed by atoms with van der Waals surface area (Å²) >= 11 is 3.30. The highest BCUT2D eigenvalue weighted by Crippen LogP contribution is 2.32. The second-order valence-electron chi connectivity index (χ2n) is 5.27. The summed E-state index contributed by atoms with van der Waals surface area (Å²) in [7, 11) is 0. The summed E-state index contributed by atoms with van der Waals surface area (Å²) in [6.45, 7) is 8.47. The van der Waals surface area contributed by atoms with Crippen LogP contribution in [-0.2, 0) is 0 Å². The van der Waals surface area contributed by atoms with Gasteiger partial charge < -0.3 is 5.32 Å². The van der Waals surface area contributed by atoms with E-state index in [1.165, 1.54) is 17.0 Å². The number of aryl methyl sites for hydroxylation is 1. The smallest absolute Gasteiger partial charge is 0.193 e. The van der Waals surface area contributed by atoms with Gasteiger partial charge in [0.15, 0.2) is 10.3 Å². The van der Waals surface area contributed by atoms with E-state index in [0.717, 1.165) is 16.0 Å². The number of nitrogens with one attached hydrogen (secondary N) is 1. The van der Waals surface area contributed by atoms with Crippen molar-refractivity contribution in [1.29, 1.82) is 0 Å². The van der Waals surface area contributed by atoms with Crippen LogP contribution in [0.2, 0.25) is 0 Å². The average Bonchev–Trinajstić information content (AvgIpc) is 3.10. The highest BCUT2D eigenvalue weighted by atomic mass is 32.1. The summed E-state index contributed by atoms with van der Waals surface area (Å²) in [5.74, 6) is 0. The van der Waals surface area contributed by atoms with Gasteiger partial charge >= 0.3 is 0 Å². The molecule has 0 fully saturated rings. The molecule has 0 bridgehead atoms. The molecular formula is C15H18N4S2. The molecule has 1 N–H and O–H groups in total. The Morgan fingerprint density at radius 3 is 2.71 bits per heavy atom. The Bertz CT molecular complexity index is 738. The molecule has 0 unspecified atom stereocenters. The molecule has 3 aromatic heterocycles. The summed E-state index contributed by atoms with van der Waals surface area (Å²) in [5, 5.41) is 9.44. The fraction of sp³-hybridized carbons (Fsp3) is 0.333. The molecule has 3 aromatic rings. The Morgan fingerprint density at radius 1 is 1.24 bits per heavy atom. The largest absolute Gasteiger partial charge is 0.359 e. The third-order valence-electron chi connectivity index (χ3n) is 3.23. The fourth-order valence-corrected chi connectivity index (χ4v) is 3.96. The van der Waals surface area contributed by atoms with Crippen LogP contribution in [0.3, 0.4) is 0 Å². The maximum atomic E-state index is 4.69. The molecule has 21 heavy (non-hydrogen) atoms. The summed E-state index contributed by atoms with van der Waals surface area (Å²) < 4.78 is 2.19. The van der Waals surface area contributed by atoms with Gasteiger partial charge in [-0.1, -0.05) is 0 Å². The quantitative estimate of drug-likeness (QED) is 0.770. The number of hydrogen-bond acceptors (Lipinski definition) is 5. The van der Waals surface area contributed by atoms with E-state index in [0.29, 0.717) is 6.04 Å². The number of aromatic nitrogens is 3. The van der Waals surface area contributed by atoms with E-state index in [9.17, 15) is 0 Å². The molecule has 0 atom stereocenters. The second kappa shape index (κ2) is 5.61. The maximum absolute atomic E-state index is 4.69. The third-order valence-corrected chi connectivity index (χ3v) is 4.76. The van der Waals surface area contributed by atoms with Crippen molar-refractivity contribution in [2.75, 3.05) is 5.32 Å². The first-order valence-corrected chi connectivity index (χ1v) is 8.63. The van der Waals surface area contributed by atoms with Gasteiger partial charge in [0.25, 0.3) is 0 Å². The van der Waals surface area contributed by atoms with Crippen LogP contribution in [0.5, 0.6) is 0 Å². The SMILES string of the molecule is Cc1cc(-c2csc(NC(C)C)n2)c(C)n1-c1nccs1. The third kappa shape index (κ3) is 2.73. The predicted octanol–water partition coefficient (Wildman–Crippen LogP) is 4.49. The van der Waals surface area contributed by atoms with Crippen LogP contribution in [-0.4, -0.2) is 20.6 Å². The first kappa shape index (κ1) is 14.3. The minimum absolute atomic E-state index is 0.395. The molecule has 0 saturated heterocycles.